The molecule has 0 saturated heterocycles. The number of carbonyl (C=O) groups excluding carboxylic acids is 1. The van der Waals surface area contributed by atoms with E-state index < -0.39 is 0 Å². The Morgan fingerprint density at radius 3 is 2.87 bits per heavy atom. The number of fused-ring (bicyclic) bond motifs is 1. The van der Waals surface area contributed by atoms with E-state index in [0.717, 1.165) is 32.9 Å². The summed E-state index contributed by atoms with van der Waals surface area (Å²) in [4.78, 5) is 16.7. The fourth-order valence-electron chi connectivity index (χ4n) is 2.36. The molecule has 0 radical (unpaired) electrons. The van der Waals surface area contributed by atoms with E-state index in [0.29, 0.717) is 5.75 Å². The number of aromatic nitrogens is 2. The first-order valence-electron chi connectivity index (χ1n) is 7.31. The summed E-state index contributed by atoms with van der Waals surface area (Å²) in [6, 6.07) is 15.6. The highest BCUT2D eigenvalue weighted by Gasteiger charge is 2.11. The Balaban J connectivity index is 1.69. The van der Waals surface area contributed by atoms with Crippen LogP contribution in [0.3, 0.4) is 0 Å². The van der Waals surface area contributed by atoms with Crippen LogP contribution in [0.15, 0.2) is 58.2 Å². The van der Waals surface area contributed by atoms with Crippen molar-refractivity contribution in [3.63, 3.8) is 0 Å². The van der Waals surface area contributed by atoms with Gasteiger partial charge >= 0.3 is 0 Å². The number of halogens is 1. The number of carbonyl (C=O) groups is 1. The molecule has 3 aromatic rings. The molecule has 0 aliphatic rings. The van der Waals surface area contributed by atoms with Gasteiger partial charge < -0.3 is 9.88 Å². The summed E-state index contributed by atoms with van der Waals surface area (Å²) in [6.07, 6.45) is 0. The molecule has 6 heteroatoms. The number of amides is 1. The first-order valence-corrected chi connectivity index (χ1v) is 9.08. The number of aryl methyl sites for hydroxylation is 1. The zero-order chi connectivity index (χ0) is 16.2. The number of hydrogen-bond donors (Lipinski definition) is 1. The summed E-state index contributed by atoms with van der Waals surface area (Å²) in [7, 11) is 0. The zero-order valence-corrected chi connectivity index (χ0v) is 15.0. The van der Waals surface area contributed by atoms with Gasteiger partial charge in [0.05, 0.1) is 16.8 Å². The van der Waals surface area contributed by atoms with Crippen LogP contribution in [0.4, 0.5) is 5.69 Å². The number of nitrogens with one attached hydrogen (secondary N) is 1. The topological polar surface area (TPSA) is 46.9 Å². The van der Waals surface area contributed by atoms with Crippen molar-refractivity contribution in [2.45, 2.75) is 18.6 Å². The number of benzene rings is 2. The van der Waals surface area contributed by atoms with Crippen molar-refractivity contribution in [1.29, 1.82) is 0 Å². The van der Waals surface area contributed by atoms with Crippen LogP contribution in [0.1, 0.15) is 6.92 Å². The van der Waals surface area contributed by atoms with E-state index >= 15 is 0 Å². The van der Waals surface area contributed by atoms with Crippen molar-refractivity contribution in [1.82, 2.24) is 9.55 Å². The predicted octanol–water partition coefficient (Wildman–Crippen LogP) is 4.55. The third-order valence-corrected chi connectivity index (χ3v) is 4.85. The van der Waals surface area contributed by atoms with Crippen molar-refractivity contribution < 1.29 is 4.79 Å². The molecule has 1 N–H and O–H groups in total. The molecule has 0 atom stereocenters. The lowest BCUT2D eigenvalue weighted by atomic mass is 10.3. The van der Waals surface area contributed by atoms with Crippen LogP contribution in [0, 0.1) is 0 Å². The number of hydrogen-bond acceptors (Lipinski definition) is 3. The van der Waals surface area contributed by atoms with E-state index in [1.165, 1.54) is 11.8 Å². The van der Waals surface area contributed by atoms with Crippen LogP contribution >= 0.6 is 27.7 Å². The molecular formula is C17H16BrN3OS. The SMILES string of the molecule is CCn1c(SCC(=O)Nc2cccc(Br)c2)nc2ccccc21. The summed E-state index contributed by atoms with van der Waals surface area (Å²) in [5, 5.41) is 3.77. The van der Waals surface area contributed by atoms with Gasteiger partial charge in [-0.15, -0.1) is 0 Å². The Kier molecular flexibility index (Phi) is 5.03. The second kappa shape index (κ2) is 7.19. The van der Waals surface area contributed by atoms with Gasteiger partial charge in [0.1, 0.15) is 0 Å². The van der Waals surface area contributed by atoms with Crippen LogP contribution in [0.25, 0.3) is 11.0 Å². The number of thioether (sulfide) groups is 1. The van der Waals surface area contributed by atoms with E-state index in [1.54, 1.807) is 0 Å². The minimum atomic E-state index is -0.0391. The summed E-state index contributed by atoms with van der Waals surface area (Å²) >= 11 is 4.85. The smallest absolute Gasteiger partial charge is 0.234 e. The lowest BCUT2D eigenvalue weighted by Gasteiger charge is -2.07. The molecule has 1 aromatic heterocycles. The van der Waals surface area contributed by atoms with Crippen molar-refractivity contribution in [2.75, 3.05) is 11.1 Å². The molecule has 1 heterocycles. The molecule has 1 amide bonds. The highest BCUT2D eigenvalue weighted by atomic mass is 79.9. The van der Waals surface area contributed by atoms with Crippen LogP contribution in [0.2, 0.25) is 0 Å². The fraction of sp³-hybridized carbons (Fsp3) is 0.176. The standard InChI is InChI=1S/C17H16BrN3OS/c1-2-21-15-9-4-3-8-14(15)20-17(21)23-11-16(22)19-13-7-5-6-12(18)10-13/h3-10H,2,11H2,1H3,(H,19,22). The predicted molar refractivity (Wildman–Crippen MR) is 98.9 cm³/mol. The van der Waals surface area contributed by atoms with E-state index in [-0.39, 0.29) is 5.91 Å². The lowest BCUT2D eigenvalue weighted by molar-refractivity contribution is -0.113. The van der Waals surface area contributed by atoms with E-state index in [4.69, 9.17) is 0 Å². The molecule has 0 saturated carbocycles. The highest BCUT2D eigenvalue weighted by molar-refractivity contribution is 9.10. The Hall–Kier alpha value is -1.79. The van der Waals surface area contributed by atoms with Gasteiger partial charge in [-0.3, -0.25) is 4.79 Å². The maximum Gasteiger partial charge on any atom is 0.234 e. The first-order chi connectivity index (χ1) is 11.2. The van der Waals surface area contributed by atoms with Gasteiger partial charge in [0.15, 0.2) is 5.16 Å². The molecule has 0 aliphatic carbocycles. The molecule has 0 bridgehead atoms. The number of nitrogens with zero attached hydrogens (tertiary/aromatic N) is 2. The Morgan fingerprint density at radius 1 is 1.26 bits per heavy atom. The normalized spacial score (nSPS) is 10.9. The highest BCUT2D eigenvalue weighted by Crippen LogP contribution is 2.24. The van der Waals surface area contributed by atoms with Crippen LogP contribution < -0.4 is 5.32 Å². The van der Waals surface area contributed by atoms with Gasteiger partial charge in [0.25, 0.3) is 0 Å². The van der Waals surface area contributed by atoms with Crippen molar-refractivity contribution in [3.8, 4) is 0 Å². The molecule has 2 aromatic carbocycles. The van der Waals surface area contributed by atoms with Gasteiger partial charge in [0, 0.05) is 16.7 Å². The van der Waals surface area contributed by atoms with Gasteiger partial charge in [-0.25, -0.2) is 4.98 Å². The average Bonchev–Trinajstić information content (AvgIpc) is 2.90. The molecule has 0 spiro atoms. The number of anilines is 1. The van der Waals surface area contributed by atoms with Crippen LogP contribution in [0.5, 0.6) is 0 Å². The second-order valence-corrected chi connectivity index (χ2v) is 6.83. The van der Waals surface area contributed by atoms with Gasteiger partial charge in [-0.1, -0.05) is 45.9 Å². The molecule has 3 rings (SSSR count). The maximum atomic E-state index is 12.1. The third kappa shape index (κ3) is 3.76. The van der Waals surface area contributed by atoms with Crippen molar-refractivity contribution in [3.05, 3.63) is 53.0 Å². The Bertz CT molecular complexity index is 847. The van der Waals surface area contributed by atoms with E-state index in [2.05, 4.69) is 43.8 Å². The molecule has 0 unspecified atom stereocenters. The maximum absolute atomic E-state index is 12.1. The minimum absolute atomic E-state index is 0.0391. The second-order valence-electron chi connectivity index (χ2n) is 4.97. The summed E-state index contributed by atoms with van der Waals surface area (Å²) in [5.74, 6) is 0.290. The number of para-hydroxylation sites is 2. The first kappa shape index (κ1) is 16.1. The quantitative estimate of drug-likeness (QED) is 0.651. The number of rotatable bonds is 5. The van der Waals surface area contributed by atoms with E-state index in [1.807, 2.05) is 42.5 Å². The molecule has 118 valence electrons. The summed E-state index contributed by atoms with van der Waals surface area (Å²) < 4.78 is 3.07. The molecule has 4 nitrogen and oxygen atoms in total. The van der Waals surface area contributed by atoms with Crippen molar-refractivity contribution in [2.24, 2.45) is 0 Å². The summed E-state index contributed by atoms with van der Waals surface area (Å²) in [5.41, 5.74) is 2.85. The van der Waals surface area contributed by atoms with Gasteiger partial charge in [-0.2, -0.15) is 0 Å². The monoisotopic (exact) mass is 389 g/mol. The third-order valence-electron chi connectivity index (χ3n) is 3.38. The fourth-order valence-corrected chi connectivity index (χ4v) is 3.64. The van der Waals surface area contributed by atoms with Gasteiger partial charge in [0.2, 0.25) is 5.91 Å². The van der Waals surface area contributed by atoms with Gasteiger partial charge in [-0.05, 0) is 37.3 Å². The Morgan fingerprint density at radius 2 is 2.09 bits per heavy atom. The Labute approximate surface area is 147 Å². The molecule has 0 fully saturated rings. The molecular weight excluding hydrogens is 374 g/mol. The average molecular weight is 390 g/mol. The van der Waals surface area contributed by atoms with Crippen LogP contribution in [-0.2, 0) is 11.3 Å². The minimum Gasteiger partial charge on any atom is -0.325 e. The van der Waals surface area contributed by atoms with E-state index in [9.17, 15) is 4.79 Å². The van der Waals surface area contributed by atoms with Crippen molar-refractivity contribution >= 4 is 50.3 Å². The summed E-state index contributed by atoms with van der Waals surface area (Å²) in [6.45, 7) is 2.91. The van der Waals surface area contributed by atoms with Crippen LogP contribution in [-0.4, -0.2) is 21.2 Å². The zero-order valence-electron chi connectivity index (χ0n) is 12.6. The molecule has 0 aliphatic heterocycles. The lowest BCUT2D eigenvalue weighted by Crippen LogP contribution is -2.14. The molecule has 23 heavy (non-hydrogen) atoms. The largest absolute Gasteiger partial charge is 0.325 e. The number of imidazole rings is 1.